The maximum absolute atomic E-state index is 12.1. The van der Waals surface area contributed by atoms with Gasteiger partial charge in [-0.3, -0.25) is 4.57 Å². The van der Waals surface area contributed by atoms with Crippen LogP contribution >= 0.6 is 7.60 Å². The molecule has 1 aromatic carbocycles. The van der Waals surface area contributed by atoms with Crippen molar-refractivity contribution in [2.24, 2.45) is 0 Å². The molecule has 3 nitrogen and oxygen atoms in total. The van der Waals surface area contributed by atoms with E-state index in [0.717, 1.165) is 11.1 Å². The van der Waals surface area contributed by atoms with Crippen molar-refractivity contribution >= 4 is 13.7 Å². The second-order valence-electron chi connectivity index (χ2n) is 3.43. The molecule has 17 heavy (non-hydrogen) atoms. The van der Waals surface area contributed by atoms with E-state index < -0.39 is 7.60 Å². The third-order valence-corrected chi connectivity index (χ3v) is 3.80. The largest absolute Gasteiger partial charge is 0.354 e. The summed E-state index contributed by atoms with van der Waals surface area (Å²) in [5, 5.41) is 0. The van der Waals surface area contributed by atoms with Gasteiger partial charge in [0, 0.05) is 5.82 Å². The Labute approximate surface area is 103 Å². The molecular weight excluding hydrogens is 235 g/mol. The van der Waals surface area contributed by atoms with Crippen LogP contribution in [0.25, 0.3) is 6.08 Å². The molecule has 1 radical (unpaired) electrons. The van der Waals surface area contributed by atoms with Crippen molar-refractivity contribution in [3.05, 3.63) is 48.1 Å². The van der Waals surface area contributed by atoms with E-state index >= 15 is 0 Å². The Morgan fingerprint density at radius 2 is 1.71 bits per heavy atom. The highest BCUT2D eigenvalue weighted by atomic mass is 31.2. The van der Waals surface area contributed by atoms with Crippen LogP contribution in [-0.2, 0) is 13.6 Å². The zero-order valence-corrected chi connectivity index (χ0v) is 11.2. The topological polar surface area (TPSA) is 35.5 Å². The van der Waals surface area contributed by atoms with Crippen LogP contribution in [0.4, 0.5) is 0 Å². The Kier molecular flexibility index (Phi) is 5.63. The molecule has 0 saturated carbocycles. The summed E-state index contributed by atoms with van der Waals surface area (Å²) < 4.78 is 22.4. The number of hydrogen-bond acceptors (Lipinski definition) is 3. The van der Waals surface area contributed by atoms with Crippen LogP contribution in [0.3, 0.4) is 0 Å². The minimum Gasteiger partial charge on any atom is -0.306 e. The van der Waals surface area contributed by atoms with E-state index in [9.17, 15) is 4.57 Å². The first-order chi connectivity index (χ1) is 8.09. The van der Waals surface area contributed by atoms with Crippen molar-refractivity contribution in [2.75, 3.05) is 13.2 Å². The van der Waals surface area contributed by atoms with E-state index in [1.54, 1.807) is 19.9 Å². The van der Waals surface area contributed by atoms with Gasteiger partial charge in [-0.15, -0.1) is 0 Å². The Hall–Kier alpha value is -0.890. The minimum absolute atomic E-state index is 0.361. The fourth-order valence-corrected chi connectivity index (χ4v) is 2.61. The molecular formula is C13H18O3P. The lowest BCUT2D eigenvalue weighted by molar-refractivity contribution is 0.229. The van der Waals surface area contributed by atoms with Gasteiger partial charge in [-0.2, -0.15) is 0 Å². The minimum atomic E-state index is -3.09. The van der Waals surface area contributed by atoms with Crippen LogP contribution in [0.5, 0.6) is 0 Å². The molecule has 0 heterocycles. The molecule has 0 aliphatic rings. The molecule has 1 rings (SSSR count). The summed E-state index contributed by atoms with van der Waals surface area (Å²) in [4.78, 5) is 0. The molecule has 0 N–H and O–H groups in total. The molecule has 0 fully saturated rings. The molecule has 0 unspecified atom stereocenters. The standard InChI is InChI=1S/C13H18O3P/c1-4-15-17(14,16-5-2)11-10-13-8-6-12(3)7-9-13/h6-11H,3-5H2,1-2H3/b11-10+. The van der Waals surface area contributed by atoms with Crippen molar-refractivity contribution in [2.45, 2.75) is 13.8 Å². The zero-order valence-electron chi connectivity index (χ0n) is 10.3. The predicted octanol–water partition coefficient (Wildman–Crippen LogP) is 4.11. The molecule has 0 bridgehead atoms. The Balaban J connectivity index is 2.79. The summed E-state index contributed by atoms with van der Waals surface area (Å²) in [5.74, 6) is 1.50. The lowest BCUT2D eigenvalue weighted by Crippen LogP contribution is -1.92. The van der Waals surface area contributed by atoms with Gasteiger partial charge in [-0.25, -0.2) is 0 Å². The fourth-order valence-electron chi connectivity index (χ4n) is 1.29. The quantitative estimate of drug-likeness (QED) is 0.716. The average molecular weight is 253 g/mol. The Morgan fingerprint density at radius 3 is 2.18 bits per heavy atom. The van der Waals surface area contributed by atoms with Crippen LogP contribution in [0, 0.1) is 6.92 Å². The van der Waals surface area contributed by atoms with Crippen LogP contribution < -0.4 is 0 Å². The molecule has 0 amide bonds. The molecule has 93 valence electrons. The summed E-state index contributed by atoms with van der Waals surface area (Å²) in [6.45, 7) is 8.10. The van der Waals surface area contributed by atoms with Gasteiger partial charge >= 0.3 is 7.60 Å². The van der Waals surface area contributed by atoms with E-state index in [0.29, 0.717) is 13.2 Å². The monoisotopic (exact) mass is 253 g/mol. The van der Waals surface area contributed by atoms with E-state index in [1.165, 1.54) is 5.82 Å². The summed E-state index contributed by atoms with van der Waals surface area (Å²) >= 11 is 0. The second-order valence-corrected chi connectivity index (χ2v) is 5.33. The normalized spacial score (nSPS) is 12.2. The van der Waals surface area contributed by atoms with Gasteiger partial charge in [0.15, 0.2) is 0 Å². The second kappa shape index (κ2) is 6.75. The summed E-state index contributed by atoms with van der Waals surface area (Å²) in [7, 11) is -3.09. The summed E-state index contributed by atoms with van der Waals surface area (Å²) in [6, 6.07) is 7.60. The first kappa shape index (κ1) is 14.2. The highest BCUT2D eigenvalue weighted by Crippen LogP contribution is 2.49. The fraction of sp³-hybridized carbons (Fsp3) is 0.308. The molecule has 0 aromatic heterocycles. The van der Waals surface area contributed by atoms with Crippen molar-refractivity contribution < 1.29 is 13.6 Å². The molecule has 0 saturated heterocycles. The van der Waals surface area contributed by atoms with Crippen molar-refractivity contribution in [3.8, 4) is 0 Å². The maximum Gasteiger partial charge on any atom is 0.354 e. The van der Waals surface area contributed by atoms with Gasteiger partial charge in [-0.1, -0.05) is 24.3 Å². The van der Waals surface area contributed by atoms with Crippen LogP contribution in [-0.4, -0.2) is 13.2 Å². The van der Waals surface area contributed by atoms with Gasteiger partial charge < -0.3 is 9.05 Å². The molecule has 0 aliphatic carbocycles. The zero-order chi connectivity index (χ0) is 12.7. The lowest BCUT2D eigenvalue weighted by atomic mass is 10.2. The van der Waals surface area contributed by atoms with Gasteiger partial charge in [0.2, 0.25) is 0 Å². The SMILES string of the molecule is [CH2]c1ccc(/C=C/P(=O)(OCC)OCC)cc1. The molecule has 0 spiro atoms. The van der Waals surface area contributed by atoms with Crippen LogP contribution in [0.15, 0.2) is 30.1 Å². The number of benzene rings is 1. The predicted molar refractivity (Wildman–Crippen MR) is 70.8 cm³/mol. The van der Waals surface area contributed by atoms with Crippen molar-refractivity contribution in [1.29, 1.82) is 0 Å². The van der Waals surface area contributed by atoms with Gasteiger partial charge in [0.25, 0.3) is 0 Å². The molecule has 0 atom stereocenters. The number of rotatable bonds is 6. The Bertz CT molecular complexity index is 399. The van der Waals surface area contributed by atoms with E-state index in [4.69, 9.17) is 9.05 Å². The van der Waals surface area contributed by atoms with E-state index in [1.807, 2.05) is 24.3 Å². The Morgan fingerprint density at radius 1 is 1.18 bits per heavy atom. The molecule has 4 heteroatoms. The first-order valence-electron chi connectivity index (χ1n) is 5.59. The summed E-state index contributed by atoms with van der Waals surface area (Å²) in [5.41, 5.74) is 1.89. The third-order valence-electron chi connectivity index (χ3n) is 2.05. The van der Waals surface area contributed by atoms with Gasteiger partial charge in [0.05, 0.1) is 13.2 Å². The highest BCUT2D eigenvalue weighted by Gasteiger charge is 2.18. The average Bonchev–Trinajstić information content (AvgIpc) is 2.29. The molecule has 0 aliphatic heterocycles. The highest BCUT2D eigenvalue weighted by molar-refractivity contribution is 7.57. The van der Waals surface area contributed by atoms with Crippen molar-refractivity contribution in [3.63, 3.8) is 0 Å². The number of hydrogen-bond donors (Lipinski definition) is 0. The van der Waals surface area contributed by atoms with E-state index in [2.05, 4.69) is 6.92 Å². The van der Waals surface area contributed by atoms with Gasteiger partial charge in [0.1, 0.15) is 0 Å². The van der Waals surface area contributed by atoms with Crippen LogP contribution in [0.2, 0.25) is 0 Å². The maximum atomic E-state index is 12.1. The molecule has 1 aromatic rings. The van der Waals surface area contributed by atoms with Crippen LogP contribution in [0.1, 0.15) is 25.0 Å². The third kappa shape index (κ3) is 4.86. The summed E-state index contributed by atoms with van der Waals surface area (Å²) in [6.07, 6.45) is 1.74. The van der Waals surface area contributed by atoms with Crippen molar-refractivity contribution in [1.82, 2.24) is 0 Å². The van der Waals surface area contributed by atoms with Gasteiger partial charge in [-0.05, 0) is 38.0 Å². The van der Waals surface area contributed by atoms with E-state index in [-0.39, 0.29) is 0 Å². The smallest absolute Gasteiger partial charge is 0.306 e. The first-order valence-corrected chi connectivity index (χ1v) is 7.21. The lowest BCUT2D eigenvalue weighted by Gasteiger charge is -2.12.